The summed E-state index contributed by atoms with van der Waals surface area (Å²) in [5.74, 6) is 2.38. The highest BCUT2D eigenvalue weighted by molar-refractivity contribution is 5.90. The summed E-state index contributed by atoms with van der Waals surface area (Å²) in [5, 5.41) is 4.40. The predicted molar refractivity (Wildman–Crippen MR) is 93.5 cm³/mol. The maximum absolute atomic E-state index is 5.35. The summed E-state index contributed by atoms with van der Waals surface area (Å²) in [6.45, 7) is 2.60. The molecule has 24 heavy (non-hydrogen) atoms. The zero-order valence-electron chi connectivity index (χ0n) is 13.2. The summed E-state index contributed by atoms with van der Waals surface area (Å²) < 4.78 is 5.35. The van der Waals surface area contributed by atoms with Crippen molar-refractivity contribution in [1.29, 1.82) is 0 Å². The number of benzene rings is 1. The highest BCUT2D eigenvalue weighted by Crippen LogP contribution is 2.25. The normalized spacial score (nSPS) is 10.9. The van der Waals surface area contributed by atoms with E-state index in [1.54, 1.807) is 18.7 Å². The largest absolute Gasteiger partial charge is 0.469 e. The van der Waals surface area contributed by atoms with Crippen LogP contribution < -0.4 is 5.32 Å². The van der Waals surface area contributed by atoms with Crippen LogP contribution in [0.2, 0.25) is 0 Å². The maximum Gasteiger partial charge on any atom is 0.163 e. The standard InChI is InChI=1S/C19H16N4O/c1-13-14(8-10-24-13)12-21-19-16-6-2-3-7-17(16)22-18(23-19)15-5-4-9-20-11-15/h2-11H,12H2,1H3,(H,21,22,23). The Labute approximate surface area is 139 Å². The Kier molecular flexibility index (Phi) is 3.67. The number of para-hydroxylation sites is 1. The number of rotatable bonds is 4. The van der Waals surface area contributed by atoms with Crippen molar-refractivity contribution < 1.29 is 4.42 Å². The van der Waals surface area contributed by atoms with E-state index in [2.05, 4.69) is 15.3 Å². The minimum absolute atomic E-state index is 0.649. The summed E-state index contributed by atoms with van der Waals surface area (Å²) in [5.41, 5.74) is 2.91. The third-order valence-electron chi connectivity index (χ3n) is 3.94. The van der Waals surface area contributed by atoms with Crippen molar-refractivity contribution in [3.8, 4) is 11.4 Å². The molecule has 0 amide bonds. The van der Waals surface area contributed by atoms with E-state index in [-0.39, 0.29) is 0 Å². The molecule has 0 aliphatic heterocycles. The SMILES string of the molecule is Cc1occc1CNc1nc(-c2cccnc2)nc2ccccc12. The lowest BCUT2D eigenvalue weighted by Crippen LogP contribution is -2.04. The van der Waals surface area contributed by atoms with E-state index in [1.165, 1.54) is 0 Å². The summed E-state index contributed by atoms with van der Waals surface area (Å²) in [6, 6.07) is 13.8. The summed E-state index contributed by atoms with van der Waals surface area (Å²) in [4.78, 5) is 13.5. The molecule has 0 spiro atoms. The Hall–Kier alpha value is -3.21. The average molecular weight is 316 g/mol. The Balaban J connectivity index is 1.76. The number of aromatic nitrogens is 3. The second-order valence-corrected chi connectivity index (χ2v) is 5.51. The quantitative estimate of drug-likeness (QED) is 0.611. The van der Waals surface area contributed by atoms with Crippen LogP contribution in [0.1, 0.15) is 11.3 Å². The second kappa shape index (κ2) is 6.12. The van der Waals surface area contributed by atoms with Gasteiger partial charge in [0.1, 0.15) is 11.6 Å². The molecule has 0 saturated heterocycles. The van der Waals surface area contributed by atoms with Crippen molar-refractivity contribution in [2.45, 2.75) is 13.5 Å². The van der Waals surface area contributed by atoms with E-state index >= 15 is 0 Å². The van der Waals surface area contributed by atoms with Crippen LogP contribution in [-0.2, 0) is 6.54 Å². The molecule has 0 bridgehead atoms. The summed E-state index contributed by atoms with van der Waals surface area (Å²) in [7, 11) is 0. The van der Waals surface area contributed by atoms with Crippen LogP contribution in [0.15, 0.2) is 65.5 Å². The zero-order chi connectivity index (χ0) is 16.4. The van der Waals surface area contributed by atoms with Crippen LogP contribution in [0.4, 0.5) is 5.82 Å². The van der Waals surface area contributed by atoms with E-state index in [4.69, 9.17) is 9.40 Å². The van der Waals surface area contributed by atoms with Gasteiger partial charge >= 0.3 is 0 Å². The van der Waals surface area contributed by atoms with Crippen LogP contribution in [0.25, 0.3) is 22.3 Å². The molecule has 5 nitrogen and oxygen atoms in total. The van der Waals surface area contributed by atoms with Crippen molar-refractivity contribution >= 4 is 16.7 Å². The number of pyridine rings is 1. The number of nitrogens with one attached hydrogen (secondary N) is 1. The number of hydrogen-bond donors (Lipinski definition) is 1. The molecule has 4 rings (SSSR count). The van der Waals surface area contributed by atoms with Gasteiger partial charge < -0.3 is 9.73 Å². The lowest BCUT2D eigenvalue weighted by Gasteiger charge is -2.10. The Morgan fingerprint density at radius 3 is 2.75 bits per heavy atom. The fraction of sp³-hybridized carbons (Fsp3) is 0.105. The van der Waals surface area contributed by atoms with Gasteiger partial charge in [0.2, 0.25) is 0 Å². The van der Waals surface area contributed by atoms with Crippen molar-refractivity contribution in [1.82, 2.24) is 15.0 Å². The molecule has 3 heterocycles. The third-order valence-corrected chi connectivity index (χ3v) is 3.94. The van der Waals surface area contributed by atoms with E-state index in [1.807, 2.05) is 49.4 Å². The van der Waals surface area contributed by atoms with Crippen LogP contribution in [-0.4, -0.2) is 15.0 Å². The number of aryl methyl sites for hydroxylation is 1. The van der Waals surface area contributed by atoms with Gasteiger partial charge in [0.25, 0.3) is 0 Å². The molecular weight excluding hydrogens is 300 g/mol. The lowest BCUT2D eigenvalue weighted by atomic mass is 10.2. The fourth-order valence-electron chi connectivity index (χ4n) is 2.61. The van der Waals surface area contributed by atoms with Gasteiger partial charge in [-0.1, -0.05) is 12.1 Å². The molecule has 0 unspecified atom stereocenters. The van der Waals surface area contributed by atoms with Gasteiger partial charge in [0, 0.05) is 35.5 Å². The number of fused-ring (bicyclic) bond motifs is 1. The molecule has 5 heteroatoms. The molecule has 4 aromatic rings. The van der Waals surface area contributed by atoms with Gasteiger partial charge in [-0.15, -0.1) is 0 Å². The monoisotopic (exact) mass is 316 g/mol. The molecule has 0 fully saturated rings. The number of anilines is 1. The van der Waals surface area contributed by atoms with Crippen molar-refractivity contribution in [2.75, 3.05) is 5.32 Å². The molecule has 1 N–H and O–H groups in total. The number of nitrogens with zero attached hydrogens (tertiary/aromatic N) is 3. The Morgan fingerprint density at radius 1 is 1.04 bits per heavy atom. The van der Waals surface area contributed by atoms with E-state index in [0.29, 0.717) is 12.4 Å². The minimum atomic E-state index is 0.649. The molecule has 118 valence electrons. The minimum Gasteiger partial charge on any atom is -0.469 e. The van der Waals surface area contributed by atoms with Crippen LogP contribution in [0.5, 0.6) is 0 Å². The Bertz CT molecular complexity index is 979. The van der Waals surface area contributed by atoms with E-state index in [9.17, 15) is 0 Å². The van der Waals surface area contributed by atoms with Crippen molar-refractivity contribution in [2.24, 2.45) is 0 Å². The number of furan rings is 1. The van der Waals surface area contributed by atoms with Gasteiger partial charge in [-0.3, -0.25) is 4.98 Å². The number of hydrogen-bond acceptors (Lipinski definition) is 5. The smallest absolute Gasteiger partial charge is 0.163 e. The Morgan fingerprint density at radius 2 is 1.96 bits per heavy atom. The van der Waals surface area contributed by atoms with Gasteiger partial charge in [-0.05, 0) is 37.3 Å². The van der Waals surface area contributed by atoms with Gasteiger partial charge in [0.05, 0.1) is 11.8 Å². The first-order chi connectivity index (χ1) is 11.8. The maximum atomic E-state index is 5.35. The molecule has 1 aromatic carbocycles. The lowest BCUT2D eigenvalue weighted by molar-refractivity contribution is 0.530. The van der Waals surface area contributed by atoms with Crippen molar-refractivity contribution in [3.63, 3.8) is 0 Å². The highest BCUT2D eigenvalue weighted by Gasteiger charge is 2.10. The third kappa shape index (κ3) is 2.72. The van der Waals surface area contributed by atoms with Crippen LogP contribution >= 0.6 is 0 Å². The van der Waals surface area contributed by atoms with Crippen LogP contribution in [0, 0.1) is 6.92 Å². The molecule has 0 atom stereocenters. The van der Waals surface area contributed by atoms with Gasteiger partial charge in [-0.2, -0.15) is 0 Å². The van der Waals surface area contributed by atoms with E-state index in [0.717, 1.165) is 33.6 Å². The van der Waals surface area contributed by atoms with Gasteiger partial charge in [0.15, 0.2) is 5.82 Å². The zero-order valence-corrected chi connectivity index (χ0v) is 13.2. The molecular formula is C19H16N4O. The average Bonchev–Trinajstić information content (AvgIpc) is 3.05. The van der Waals surface area contributed by atoms with E-state index < -0.39 is 0 Å². The first-order valence-electron chi connectivity index (χ1n) is 7.75. The van der Waals surface area contributed by atoms with Crippen LogP contribution in [0.3, 0.4) is 0 Å². The highest BCUT2D eigenvalue weighted by atomic mass is 16.3. The molecule has 3 aromatic heterocycles. The molecule has 0 aliphatic rings. The first-order valence-corrected chi connectivity index (χ1v) is 7.75. The summed E-state index contributed by atoms with van der Waals surface area (Å²) >= 11 is 0. The fourth-order valence-corrected chi connectivity index (χ4v) is 2.61. The summed E-state index contributed by atoms with van der Waals surface area (Å²) in [6.07, 6.45) is 5.21. The molecule has 0 saturated carbocycles. The second-order valence-electron chi connectivity index (χ2n) is 5.51. The molecule has 0 aliphatic carbocycles. The topological polar surface area (TPSA) is 63.8 Å². The van der Waals surface area contributed by atoms with Crippen molar-refractivity contribution in [3.05, 3.63) is 72.4 Å². The predicted octanol–water partition coefficient (Wildman–Crippen LogP) is 4.21. The molecule has 0 radical (unpaired) electrons. The van der Waals surface area contributed by atoms with Gasteiger partial charge in [-0.25, -0.2) is 9.97 Å². The first kappa shape index (κ1) is 14.4.